The number of nitrogens with one attached hydrogen (secondary N) is 1. The second kappa shape index (κ2) is 5.87. The van der Waals surface area contributed by atoms with Crippen LogP contribution < -0.4 is 5.32 Å². The Kier molecular flexibility index (Phi) is 4.75. The van der Waals surface area contributed by atoms with Crippen molar-refractivity contribution in [2.75, 3.05) is 18.9 Å². The molecule has 0 aliphatic carbocycles. The molecule has 0 radical (unpaired) electrons. The van der Waals surface area contributed by atoms with Crippen LogP contribution in [0.25, 0.3) is 0 Å². The van der Waals surface area contributed by atoms with Crippen molar-refractivity contribution in [2.45, 2.75) is 19.9 Å². The molecule has 1 aromatic carbocycles. The molecule has 1 N–H and O–H groups in total. The molecule has 94 valence electrons. The van der Waals surface area contributed by atoms with Gasteiger partial charge in [0, 0.05) is 13.1 Å². The summed E-state index contributed by atoms with van der Waals surface area (Å²) in [5.74, 6) is -0.438. The van der Waals surface area contributed by atoms with E-state index in [1.54, 1.807) is 11.9 Å². The maximum atomic E-state index is 12.8. The van der Waals surface area contributed by atoms with Gasteiger partial charge in [0.15, 0.2) is 0 Å². The van der Waals surface area contributed by atoms with Crippen LogP contribution in [0.15, 0.2) is 18.2 Å². The Morgan fingerprint density at radius 1 is 1.53 bits per heavy atom. The standard InChI is InChI=1S/C12H16ClFN2O/c1-8(2)16(3)12(17)7-15-11-5-4-9(14)6-10(11)13/h4-6,8,15H,7H2,1-3H3. The molecule has 0 bridgehead atoms. The van der Waals surface area contributed by atoms with Crippen molar-refractivity contribution in [3.05, 3.63) is 29.0 Å². The third-order valence-electron chi connectivity index (χ3n) is 2.53. The largest absolute Gasteiger partial charge is 0.375 e. The lowest BCUT2D eigenvalue weighted by molar-refractivity contribution is -0.129. The first-order chi connectivity index (χ1) is 7.91. The number of hydrogen-bond acceptors (Lipinski definition) is 2. The molecule has 0 aliphatic heterocycles. The van der Waals surface area contributed by atoms with Gasteiger partial charge in [-0.05, 0) is 32.0 Å². The molecule has 5 heteroatoms. The van der Waals surface area contributed by atoms with E-state index < -0.39 is 5.82 Å². The highest BCUT2D eigenvalue weighted by Gasteiger charge is 2.12. The van der Waals surface area contributed by atoms with E-state index in [4.69, 9.17) is 11.6 Å². The van der Waals surface area contributed by atoms with Gasteiger partial charge in [-0.15, -0.1) is 0 Å². The van der Waals surface area contributed by atoms with Crippen molar-refractivity contribution in [1.82, 2.24) is 4.90 Å². The van der Waals surface area contributed by atoms with E-state index in [1.807, 2.05) is 13.8 Å². The molecule has 0 aromatic heterocycles. The fourth-order valence-electron chi connectivity index (χ4n) is 1.22. The van der Waals surface area contributed by atoms with Crippen molar-refractivity contribution in [2.24, 2.45) is 0 Å². The summed E-state index contributed by atoms with van der Waals surface area (Å²) in [4.78, 5) is 13.3. The molecule has 0 unspecified atom stereocenters. The van der Waals surface area contributed by atoms with Crippen LogP contribution in [-0.4, -0.2) is 30.4 Å². The summed E-state index contributed by atoms with van der Waals surface area (Å²) < 4.78 is 12.8. The summed E-state index contributed by atoms with van der Waals surface area (Å²) in [6.07, 6.45) is 0. The number of nitrogens with zero attached hydrogens (tertiary/aromatic N) is 1. The van der Waals surface area contributed by atoms with E-state index in [0.29, 0.717) is 5.69 Å². The van der Waals surface area contributed by atoms with E-state index in [1.165, 1.54) is 18.2 Å². The van der Waals surface area contributed by atoms with Crippen molar-refractivity contribution in [3.63, 3.8) is 0 Å². The molecule has 0 heterocycles. The summed E-state index contributed by atoms with van der Waals surface area (Å²) >= 11 is 5.83. The second-order valence-corrected chi connectivity index (χ2v) is 4.48. The molecular formula is C12H16ClFN2O. The van der Waals surface area contributed by atoms with E-state index >= 15 is 0 Å². The fourth-order valence-corrected chi connectivity index (χ4v) is 1.45. The number of carbonyl (C=O) groups excluding carboxylic acids is 1. The van der Waals surface area contributed by atoms with Gasteiger partial charge in [-0.3, -0.25) is 4.79 Å². The van der Waals surface area contributed by atoms with Crippen LogP contribution in [0.5, 0.6) is 0 Å². The molecule has 1 aromatic rings. The SMILES string of the molecule is CC(C)N(C)C(=O)CNc1ccc(F)cc1Cl. The molecule has 17 heavy (non-hydrogen) atoms. The van der Waals surface area contributed by atoms with E-state index in [-0.39, 0.29) is 23.5 Å². The highest BCUT2D eigenvalue weighted by atomic mass is 35.5. The molecule has 3 nitrogen and oxygen atoms in total. The first-order valence-corrected chi connectivity index (χ1v) is 5.74. The third-order valence-corrected chi connectivity index (χ3v) is 2.84. The molecule has 1 amide bonds. The topological polar surface area (TPSA) is 32.3 Å². The van der Waals surface area contributed by atoms with Crippen LogP contribution in [0.3, 0.4) is 0 Å². The maximum Gasteiger partial charge on any atom is 0.241 e. The fraction of sp³-hybridized carbons (Fsp3) is 0.417. The molecule has 0 fully saturated rings. The van der Waals surface area contributed by atoms with Crippen molar-refractivity contribution in [1.29, 1.82) is 0 Å². The van der Waals surface area contributed by atoms with Crippen molar-refractivity contribution in [3.8, 4) is 0 Å². The Labute approximate surface area is 106 Å². The Balaban J connectivity index is 2.59. The molecule has 0 saturated carbocycles. The van der Waals surface area contributed by atoms with Gasteiger partial charge in [0.25, 0.3) is 0 Å². The summed E-state index contributed by atoms with van der Waals surface area (Å²) in [7, 11) is 1.74. The normalized spacial score (nSPS) is 10.5. The van der Waals surface area contributed by atoms with Crippen LogP contribution in [0.2, 0.25) is 5.02 Å². The monoisotopic (exact) mass is 258 g/mol. The van der Waals surface area contributed by atoms with Crippen LogP contribution >= 0.6 is 11.6 Å². The lowest BCUT2D eigenvalue weighted by atomic mass is 10.3. The number of hydrogen-bond donors (Lipinski definition) is 1. The molecule has 0 saturated heterocycles. The minimum absolute atomic E-state index is 0.0413. The Bertz CT molecular complexity index is 409. The van der Waals surface area contributed by atoms with Gasteiger partial charge in [0.2, 0.25) is 5.91 Å². The van der Waals surface area contributed by atoms with Gasteiger partial charge in [-0.2, -0.15) is 0 Å². The number of amides is 1. The van der Waals surface area contributed by atoms with Gasteiger partial charge in [-0.25, -0.2) is 4.39 Å². The Morgan fingerprint density at radius 3 is 2.71 bits per heavy atom. The molecule has 0 atom stereocenters. The van der Waals surface area contributed by atoms with Crippen LogP contribution in [-0.2, 0) is 4.79 Å². The minimum Gasteiger partial charge on any atom is -0.375 e. The third kappa shape index (κ3) is 3.89. The van der Waals surface area contributed by atoms with Gasteiger partial charge in [0.1, 0.15) is 5.82 Å². The average Bonchev–Trinajstić information content (AvgIpc) is 2.26. The van der Waals surface area contributed by atoms with Crippen molar-refractivity contribution < 1.29 is 9.18 Å². The quantitative estimate of drug-likeness (QED) is 0.901. The first kappa shape index (κ1) is 13.8. The zero-order valence-corrected chi connectivity index (χ0v) is 10.9. The van der Waals surface area contributed by atoms with Crippen LogP contribution in [0.4, 0.5) is 10.1 Å². The van der Waals surface area contributed by atoms with E-state index in [9.17, 15) is 9.18 Å². The molecule has 0 spiro atoms. The van der Waals surface area contributed by atoms with Gasteiger partial charge in [0.05, 0.1) is 17.3 Å². The molecule has 1 rings (SSSR count). The van der Waals surface area contributed by atoms with E-state index in [2.05, 4.69) is 5.32 Å². The lowest BCUT2D eigenvalue weighted by Gasteiger charge is -2.21. The summed E-state index contributed by atoms with van der Waals surface area (Å²) in [6, 6.07) is 4.17. The molecule has 0 aliphatic rings. The maximum absolute atomic E-state index is 12.8. The lowest BCUT2D eigenvalue weighted by Crippen LogP contribution is -2.37. The zero-order valence-electron chi connectivity index (χ0n) is 10.1. The predicted octanol–water partition coefficient (Wildman–Crippen LogP) is 2.76. The zero-order chi connectivity index (χ0) is 13.0. The second-order valence-electron chi connectivity index (χ2n) is 4.08. The summed E-state index contributed by atoms with van der Waals surface area (Å²) in [5.41, 5.74) is 0.554. The number of benzene rings is 1. The number of halogens is 2. The number of anilines is 1. The smallest absolute Gasteiger partial charge is 0.241 e. The van der Waals surface area contributed by atoms with E-state index in [0.717, 1.165) is 0 Å². The molecular weight excluding hydrogens is 243 g/mol. The predicted molar refractivity (Wildman–Crippen MR) is 67.8 cm³/mol. The summed E-state index contributed by atoms with van der Waals surface area (Å²) in [6.45, 7) is 4.01. The minimum atomic E-state index is -0.397. The Hall–Kier alpha value is -1.29. The first-order valence-electron chi connectivity index (χ1n) is 5.36. The Morgan fingerprint density at radius 2 is 2.18 bits per heavy atom. The van der Waals surface area contributed by atoms with Crippen molar-refractivity contribution >= 4 is 23.2 Å². The van der Waals surface area contributed by atoms with Gasteiger partial charge < -0.3 is 10.2 Å². The highest BCUT2D eigenvalue weighted by molar-refractivity contribution is 6.33. The average molecular weight is 259 g/mol. The van der Waals surface area contributed by atoms with Crippen LogP contribution in [0, 0.1) is 5.82 Å². The number of rotatable bonds is 4. The van der Waals surface area contributed by atoms with Gasteiger partial charge in [-0.1, -0.05) is 11.6 Å². The summed E-state index contributed by atoms with van der Waals surface area (Å²) in [5, 5.41) is 3.15. The van der Waals surface area contributed by atoms with Crippen LogP contribution in [0.1, 0.15) is 13.8 Å². The van der Waals surface area contributed by atoms with Gasteiger partial charge >= 0.3 is 0 Å². The number of carbonyl (C=O) groups is 1. The number of likely N-dealkylation sites (N-methyl/N-ethyl adjacent to an activating group) is 1. The highest BCUT2D eigenvalue weighted by Crippen LogP contribution is 2.22.